The van der Waals surface area contributed by atoms with Gasteiger partial charge >= 0.3 is 39.5 Å². The van der Waals surface area contributed by atoms with Gasteiger partial charge < -0.3 is 33.8 Å². The highest BCUT2D eigenvalue weighted by molar-refractivity contribution is 7.47. The maximum absolute atomic E-state index is 13.1. The number of ether oxygens (including phenoxy) is 4. The van der Waals surface area contributed by atoms with Crippen LogP contribution in [-0.2, 0) is 65.4 Å². The van der Waals surface area contributed by atoms with E-state index in [9.17, 15) is 43.2 Å². The fourth-order valence-electron chi connectivity index (χ4n) is 12.9. The van der Waals surface area contributed by atoms with Crippen LogP contribution < -0.4 is 0 Å². The van der Waals surface area contributed by atoms with Crippen molar-refractivity contribution in [1.29, 1.82) is 0 Å². The minimum Gasteiger partial charge on any atom is -0.462 e. The van der Waals surface area contributed by atoms with Gasteiger partial charge in [0.15, 0.2) is 12.2 Å². The molecule has 19 heteroatoms. The quantitative estimate of drug-likeness (QED) is 0.0222. The molecule has 0 spiro atoms. The molecular weight excluding hydrogens is 1340 g/mol. The highest BCUT2D eigenvalue weighted by Gasteiger charge is 2.30. The van der Waals surface area contributed by atoms with Crippen LogP contribution in [0.4, 0.5) is 0 Å². The summed E-state index contributed by atoms with van der Waals surface area (Å²) in [5.74, 6) is 0.979. The SMILES string of the molecule is CCC(C)CCCCCCCCCCCCCCCCCCCCC(=O)O[C@H](COC(=O)CCCCCCCCCCCCCCCCCCCCC(C)C)COP(=O)(O)OCC(O)COP(=O)(O)OC[C@@H](COC(=O)CCCCCCCCCC(C)C)OC(=O)CCCCCCCCCC(C)C. The number of carbonyl (C=O) groups is 4. The summed E-state index contributed by atoms with van der Waals surface area (Å²) >= 11 is 0. The van der Waals surface area contributed by atoms with Crippen LogP contribution in [0.3, 0.4) is 0 Å². The van der Waals surface area contributed by atoms with E-state index in [-0.39, 0.29) is 25.7 Å². The highest BCUT2D eigenvalue weighted by Crippen LogP contribution is 2.45. The lowest BCUT2D eigenvalue weighted by Crippen LogP contribution is -2.30. The van der Waals surface area contributed by atoms with Crippen molar-refractivity contribution in [3.05, 3.63) is 0 Å². The van der Waals surface area contributed by atoms with Crippen molar-refractivity contribution in [3.63, 3.8) is 0 Å². The van der Waals surface area contributed by atoms with E-state index in [1.54, 1.807) is 0 Å². The van der Waals surface area contributed by atoms with E-state index in [2.05, 4.69) is 55.4 Å². The van der Waals surface area contributed by atoms with Crippen LogP contribution in [-0.4, -0.2) is 96.7 Å². The molecule has 0 heterocycles. The van der Waals surface area contributed by atoms with Gasteiger partial charge in [0.05, 0.1) is 26.4 Å². The summed E-state index contributed by atoms with van der Waals surface area (Å²) in [6.07, 6.45) is 61.5. The fraction of sp³-hybridized carbons (Fsp3) is 0.952. The van der Waals surface area contributed by atoms with Gasteiger partial charge in [-0.3, -0.25) is 37.3 Å². The molecule has 0 saturated heterocycles. The Balaban J connectivity index is 5.18. The van der Waals surface area contributed by atoms with Crippen LogP contribution >= 0.6 is 15.6 Å². The molecule has 0 aliphatic heterocycles. The molecule has 0 aliphatic rings. The predicted molar refractivity (Wildman–Crippen MR) is 423 cm³/mol. The molecule has 17 nitrogen and oxygen atoms in total. The summed E-state index contributed by atoms with van der Waals surface area (Å²) in [5.41, 5.74) is 0. The Labute approximate surface area is 632 Å². The second-order valence-electron chi connectivity index (χ2n) is 31.9. The lowest BCUT2D eigenvalue weighted by Gasteiger charge is -2.21. The van der Waals surface area contributed by atoms with Crippen LogP contribution in [0.15, 0.2) is 0 Å². The number of unbranched alkanes of at least 4 members (excludes halogenated alkanes) is 46. The average Bonchev–Trinajstić information content (AvgIpc) is 0.915. The summed E-state index contributed by atoms with van der Waals surface area (Å²) in [6.45, 7) is 14.2. The number of aliphatic hydroxyl groups is 1. The van der Waals surface area contributed by atoms with Crippen molar-refractivity contribution in [2.45, 2.75) is 453 Å². The first kappa shape index (κ1) is 101. The van der Waals surface area contributed by atoms with Crippen molar-refractivity contribution in [2.75, 3.05) is 39.6 Å². The van der Waals surface area contributed by atoms with Gasteiger partial charge in [-0.2, -0.15) is 0 Å². The average molecular weight is 1510 g/mol. The third-order valence-corrected chi connectivity index (χ3v) is 21.8. The zero-order valence-corrected chi connectivity index (χ0v) is 69.7. The molecule has 0 radical (unpaired) electrons. The van der Waals surface area contributed by atoms with Gasteiger partial charge in [0.1, 0.15) is 19.3 Å². The third-order valence-electron chi connectivity index (χ3n) is 19.9. The molecule has 3 N–H and O–H groups in total. The van der Waals surface area contributed by atoms with Gasteiger partial charge in [0.2, 0.25) is 0 Å². The number of hydrogen-bond donors (Lipinski definition) is 3. The van der Waals surface area contributed by atoms with E-state index < -0.39 is 97.5 Å². The fourth-order valence-corrected chi connectivity index (χ4v) is 14.5. The summed E-state index contributed by atoms with van der Waals surface area (Å²) in [4.78, 5) is 73.0. The summed E-state index contributed by atoms with van der Waals surface area (Å²) in [6, 6.07) is 0. The minimum absolute atomic E-state index is 0.103. The Hall–Kier alpha value is -1.94. The molecule has 0 aliphatic carbocycles. The summed E-state index contributed by atoms with van der Waals surface area (Å²) in [5, 5.41) is 10.6. The maximum atomic E-state index is 13.1. The van der Waals surface area contributed by atoms with E-state index >= 15 is 0 Å². The first-order valence-electron chi connectivity index (χ1n) is 43.2. The van der Waals surface area contributed by atoms with Crippen molar-refractivity contribution >= 4 is 39.5 Å². The molecule has 0 bridgehead atoms. The minimum atomic E-state index is -4.96. The van der Waals surface area contributed by atoms with E-state index in [0.29, 0.717) is 37.5 Å². The first-order valence-corrected chi connectivity index (χ1v) is 46.2. The molecule has 0 fully saturated rings. The largest absolute Gasteiger partial charge is 0.472 e. The van der Waals surface area contributed by atoms with Crippen LogP contribution in [0, 0.1) is 23.7 Å². The van der Waals surface area contributed by atoms with Gasteiger partial charge in [-0.05, 0) is 49.4 Å². The Morgan fingerprint density at radius 2 is 0.466 bits per heavy atom. The van der Waals surface area contributed by atoms with E-state index in [1.807, 2.05) is 0 Å². The molecular formula is C84H164O17P2. The normalized spacial score (nSPS) is 14.2. The molecule has 0 amide bonds. The lowest BCUT2D eigenvalue weighted by molar-refractivity contribution is -0.161. The third kappa shape index (κ3) is 76.6. The molecule has 0 aromatic carbocycles. The Bertz CT molecular complexity index is 2010. The Morgan fingerprint density at radius 3 is 0.689 bits per heavy atom. The van der Waals surface area contributed by atoms with Gasteiger partial charge in [0.25, 0.3) is 0 Å². The molecule has 0 saturated carbocycles. The number of rotatable bonds is 81. The van der Waals surface area contributed by atoms with Gasteiger partial charge in [-0.1, -0.05) is 383 Å². The number of phosphoric acid groups is 2. The zero-order valence-electron chi connectivity index (χ0n) is 68.0. The van der Waals surface area contributed by atoms with E-state index in [1.165, 1.54) is 231 Å². The molecule has 0 aromatic rings. The first-order chi connectivity index (χ1) is 49.6. The number of phosphoric ester groups is 2. The molecule has 103 heavy (non-hydrogen) atoms. The molecule has 0 aromatic heterocycles. The molecule has 612 valence electrons. The highest BCUT2D eigenvalue weighted by atomic mass is 31.2. The van der Waals surface area contributed by atoms with Crippen LogP contribution in [0.25, 0.3) is 0 Å². The monoisotopic (exact) mass is 1510 g/mol. The second kappa shape index (κ2) is 72.9. The molecule has 4 unspecified atom stereocenters. The summed E-state index contributed by atoms with van der Waals surface area (Å²) in [7, 11) is -9.92. The van der Waals surface area contributed by atoms with Crippen molar-refractivity contribution in [2.24, 2.45) is 23.7 Å². The smallest absolute Gasteiger partial charge is 0.462 e. The van der Waals surface area contributed by atoms with Gasteiger partial charge in [-0.15, -0.1) is 0 Å². The Kier molecular flexibility index (Phi) is 71.5. The number of hydrogen-bond acceptors (Lipinski definition) is 15. The standard InChI is InChI=1S/C84H164O17P2/c1-9-77(8)63-55-47-39-31-27-23-19-15-11-13-17-21-25-29-33-41-50-58-66-83(88)100-79(70-94-81(86)64-56-48-40-32-28-24-20-16-12-10-14-18-22-26-30-36-44-52-60-74(2)3)72-98-102(90,91)96-68-78(85)69-97-103(92,93)99-73-80(101-84(89)67-59-51-43-35-38-46-54-62-76(6)7)71-95-82(87)65-57-49-42-34-37-45-53-61-75(4)5/h74-80,85H,9-73H2,1-8H3,(H,90,91)(H,92,93)/t77?,78?,79-,80-/m1/s1. The van der Waals surface area contributed by atoms with Gasteiger partial charge in [0, 0.05) is 25.7 Å². The zero-order chi connectivity index (χ0) is 76.0. The summed E-state index contributed by atoms with van der Waals surface area (Å²) < 4.78 is 68.7. The second-order valence-corrected chi connectivity index (χ2v) is 34.8. The van der Waals surface area contributed by atoms with E-state index in [4.69, 9.17) is 37.0 Å². The van der Waals surface area contributed by atoms with Crippen molar-refractivity contribution < 1.29 is 80.2 Å². The number of aliphatic hydroxyl groups excluding tert-OH is 1. The Morgan fingerprint density at radius 1 is 0.272 bits per heavy atom. The topological polar surface area (TPSA) is 237 Å². The maximum Gasteiger partial charge on any atom is 0.472 e. The predicted octanol–water partition coefficient (Wildman–Crippen LogP) is 25.2. The van der Waals surface area contributed by atoms with Crippen LogP contribution in [0.2, 0.25) is 0 Å². The number of carbonyl (C=O) groups excluding carboxylic acids is 4. The molecule has 0 rings (SSSR count). The molecule has 6 atom stereocenters. The van der Waals surface area contributed by atoms with Crippen molar-refractivity contribution in [3.8, 4) is 0 Å². The number of esters is 4. The van der Waals surface area contributed by atoms with Crippen LogP contribution in [0.1, 0.15) is 434 Å². The lowest BCUT2D eigenvalue weighted by atomic mass is 9.99. The van der Waals surface area contributed by atoms with E-state index in [0.717, 1.165) is 108 Å². The van der Waals surface area contributed by atoms with Gasteiger partial charge in [-0.25, -0.2) is 9.13 Å². The van der Waals surface area contributed by atoms with Crippen LogP contribution in [0.5, 0.6) is 0 Å². The van der Waals surface area contributed by atoms with Crippen molar-refractivity contribution in [1.82, 2.24) is 0 Å².